The van der Waals surface area contributed by atoms with Crippen molar-refractivity contribution in [2.75, 3.05) is 24.6 Å². The van der Waals surface area contributed by atoms with Gasteiger partial charge in [0.2, 0.25) is 0 Å². The second-order valence-corrected chi connectivity index (χ2v) is 6.65. The number of anilines is 1. The standard InChI is InChI=1S/C18H23N3O4/c22-12-13-4-5-14(10-13)19-18(23)16-11-15(21(24)25)6-7-17(16)20-8-2-1-3-9-20/h4-7,11,13-14,22H,1-3,8-10,12H2,(H,19,23)/t13-,14+/m0/s1. The Morgan fingerprint density at radius 2 is 2.04 bits per heavy atom. The Labute approximate surface area is 146 Å². The molecule has 1 saturated heterocycles. The zero-order valence-electron chi connectivity index (χ0n) is 14.1. The molecule has 0 spiro atoms. The van der Waals surface area contributed by atoms with Crippen LogP contribution < -0.4 is 10.2 Å². The Kier molecular flexibility index (Phi) is 5.33. The van der Waals surface area contributed by atoms with Crippen molar-refractivity contribution in [2.24, 2.45) is 5.92 Å². The van der Waals surface area contributed by atoms with Gasteiger partial charge in [-0.25, -0.2) is 0 Å². The zero-order valence-corrected chi connectivity index (χ0v) is 14.1. The van der Waals surface area contributed by atoms with Gasteiger partial charge in [0, 0.05) is 43.8 Å². The van der Waals surface area contributed by atoms with Crippen molar-refractivity contribution in [3.63, 3.8) is 0 Å². The molecule has 1 aliphatic carbocycles. The summed E-state index contributed by atoms with van der Waals surface area (Å²) in [7, 11) is 0. The number of hydrogen-bond acceptors (Lipinski definition) is 5. The van der Waals surface area contributed by atoms with E-state index in [4.69, 9.17) is 0 Å². The van der Waals surface area contributed by atoms with Crippen molar-refractivity contribution in [2.45, 2.75) is 31.7 Å². The van der Waals surface area contributed by atoms with Gasteiger partial charge in [0.05, 0.1) is 16.2 Å². The Morgan fingerprint density at radius 1 is 1.28 bits per heavy atom. The molecule has 1 aliphatic heterocycles. The number of nitro groups is 1. The third-order valence-electron chi connectivity index (χ3n) is 4.86. The molecule has 0 aromatic heterocycles. The number of carbonyl (C=O) groups excluding carboxylic acids is 1. The molecular formula is C18H23N3O4. The van der Waals surface area contributed by atoms with Gasteiger partial charge in [0.1, 0.15) is 0 Å². The number of benzene rings is 1. The lowest BCUT2D eigenvalue weighted by Gasteiger charge is -2.30. The van der Waals surface area contributed by atoms with Crippen LogP contribution in [0.25, 0.3) is 0 Å². The molecule has 3 rings (SSSR count). The maximum absolute atomic E-state index is 12.8. The average Bonchev–Trinajstić information content (AvgIpc) is 3.09. The highest BCUT2D eigenvalue weighted by molar-refractivity contribution is 6.00. The molecule has 7 heteroatoms. The fourth-order valence-electron chi connectivity index (χ4n) is 3.49. The summed E-state index contributed by atoms with van der Waals surface area (Å²) in [4.78, 5) is 25.5. The Balaban J connectivity index is 1.83. The number of non-ortho nitro benzene ring substituents is 1. The van der Waals surface area contributed by atoms with Crippen LogP contribution in [0.3, 0.4) is 0 Å². The minimum atomic E-state index is -0.478. The summed E-state index contributed by atoms with van der Waals surface area (Å²) in [6.07, 6.45) is 7.69. The number of amides is 1. The van der Waals surface area contributed by atoms with E-state index in [2.05, 4.69) is 10.2 Å². The summed E-state index contributed by atoms with van der Waals surface area (Å²) in [6, 6.07) is 4.34. The molecule has 1 heterocycles. The lowest BCUT2D eigenvalue weighted by molar-refractivity contribution is -0.384. The maximum Gasteiger partial charge on any atom is 0.270 e. The smallest absolute Gasteiger partial charge is 0.270 e. The van der Waals surface area contributed by atoms with Crippen LogP contribution in [0.2, 0.25) is 0 Å². The van der Waals surface area contributed by atoms with Crippen molar-refractivity contribution >= 4 is 17.3 Å². The average molecular weight is 345 g/mol. The number of rotatable bonds is 5. The van der Waals surface area contributed by atoms with Gasteiger partial charge in [0.15, 0.2) is 0 Å². The normalized spacial score (nSPS) is 22.8. The summed E-state index contributed by atoms with van der Waals surface area (Å²) in [6.45, 7) is 1.76. The zero-order chi connectivity index (χ0) is 17.8. The molecule has 0 radical (unpaired) electrons. The first-order chi connectivity index (χ1) is 12.1. The first-order valence-corrected chi connectivity index (χ1v) is 8.72. The van der Waals surface area contributed by atoms with Crippen LogP contribution in [0.4, 0.5) is 11.4 Å². The second-order valence-electron chi connectivity index (χ2n) is 6.65. The quantitative estimate of drug-likeness (QED) is 0.485. The number of hydrogen-bond donors (Lipinski definition) is 2. The van der Waals surface area contributed by atoms with Crippen LogP contribution in [0.5, 0.6) is 0 Å². The Bertz CT molecular complexity index is 683. The van der Waals surface area contributed by atoms with E-state index >= 15 is 0 Å². The Hall–Kier alpha value is -2.41. The molecular weight excluding hydrogens is 322 g/mol. The molecule has 2 aliphatic rings. The molecule has 1 amide bonds. The van der Waals surface area contributed by atoms with Crippen molar-refractivity contribution in [3.05, 3.63) is 46.0 Å². The largest absolute Gasteiger partial charge is 0.396 e. The third-order valence-corrected chi connectivity index (χ3v) is 4.86. The molecule has 2 atom stereocenters. The monoisotopic (exact) mass is 345 g/mol. The highest BCUT2D eigenvalue weighted by atomic mass is 16.6. The van der Waals surface area contributed by atoms with Gasteiger partial charge in [-0.1, -0.05) is 12.2 Å². The van der Waals surface area contributed by atoms with Crippen LogP contribution in [0, 0.1) is 16.0 Å². The molecule has 1 aromatic carbocycles. The van der Waals surface area contributed by atoms with E-state index in [0.29, 0.717) is 12.0 Å². The SMILES string of the molecule is O=C(N[C@@H]1C=C[C@H](CO)C1)c1cc([N+](=O)[O-])ccc1N1CCCCC1. The van der Waals surface area contributed by atoms with Gasteiger partial charge >= 0.3 is 0 Å². The molecule has 134 valence electrons. The van der Waals surface area contributed by atoms with Crippen molar-refractivity contribution in [1.29, 1.82) is 0 Å². The molecule has 0 saturated carbocycles. The van der Waals surface area contributed by atoms with Crippen LogP contribution in [-0.2, 0) is 0 Å². The number of aliphatic hydroxyl groups is 1. The van der Waals surface area contributed by atoms with Crippen molar-refractivity contribution in [1.82, 2.24) is 5.32 Å². The van der Waals surface area contributed by atoms with Gasteiger partial charge in [-0.05, 0) is 31.7 Å². The fourth-order valence-corrected chi connectivity index (χ4v) is 3.49. The van der Waals surface area contributed by atoms with Crippen LogP contribution in [-0.4, -0.2) is 41.7 Å². The third kappa shape index (κ3) is 3.99. The molecule has 2 N–H and O–H groups in total. The summed E-state index contributed by atoms with van der Waals surface area (Å²) in [5.41, 5.74) is 1.02. The minimum Gasteiger partial charge on any atom is -0.396 e. The molecule has 7 nitrogen and oxygen atoms in total. The number of nitrogens with one attached hydrogen (secondary N) is 1. The van der Waals surface area contributed by atoms with E-state index in [1.165, 1.54) is 18.6 Å². The number of nitrogens with zero attached hydrogens (tertiary/aromatic N) is 2. The van der Waals surface area contributed by atoms with Crippen LogP contribution in [0.1, 0.15) is 36.0 Å². The fraction of sp³-hybridized carbons (Fsp3) is 0.500. The van der Waals surface area contributed by atoms with Gasteiger partial charge < -0.3 is 15.3 Å². The lowest BCUT2D eigenvalue weighted by Crippen LogP contribution is -2.36. The van der Waals surface area contributed by atoms with E-state index in [-0.39, 0.29) is 30.2 Å². The number of carbonyl (C=O) groups is 1. The first-order valence-electron chi connectivity index (χ1n) is 8.72. The molecule has 25 heavy (non-hydrogen) atoms. The molecule has 0 bridgehead atoms. The van der Waals surface area contributed by atoms with Crippen molar-refractivity contribution in [3.8, 4) is 0 Å². The Morgan fingerprint density at radius 3 is 2.68 bits per heavy atom. The van der Waals surface area contributed by atoms with E-state index in [9.17, 15) is 20.0 Å². The summed E-state index contributed by atoms with van der Waals surface area (Å²) < 4.78 is 0. The summed E-state index contributed by atoms with van der Waals surface area (Å²) >= 11 is 0. The second kappa shape index (κ2) is 7.65. The maximum atomic E-state index is 12.8. The molecule has 1 aromatic rings. The van der Waals surface area contributed by atoms with Crippen LogP contribution in [0.15, 0.2) is 30.4 Å². The minimum absolute atomic E-state index is 0.0528. The molecule has 0 unspecified atom stereocenters. The van der Waals surface area contributed by atoms with Gasteiger partial charge in [-0.3, -0.25) is 14.9 Å². The first kappa shape index (κ1) is 17.4. The van der Waals surface area contributed by atoms with Crippen LogP contribution >= 0.6 is 0 Å². The topological polar surface area (TPSA) is 95.7 Å². The van der Waals surface area contributed by atoms with E-state index in [0.717, 1.165) is 31.6 Å². The highest BCUT2D eigenvalue weighted by Crippen LogP contribution is 2.28. The molecule has 1 fully saturated rings. The number of nitro benzene ring substituents is 1. The van der Waals surface area contributed by atoms with E-state index < -0.39 is 4.92 Å². The summed E-state index contributed by atoms with van der Waals surface area (Å²) in [5, 5.41) is 23.2. The van der Waals surface area contributed by atoms with Gasteiger partial charge in [-0.2, -0.15) is 0 Å². The van der Waals surface area contributed by atoms with E-state index in [1.54, 1.807) is 6.07 Å². The summed E-state index contributed by atoms with van der Waals surface area (Å²) in [5.74, 6) is -0.255. The lowest BCUT2D eigenvalue weighted by atomic mass is 10.0. The van der Waals surface area contributed by atoms with Gasteiger partial charge in [0.25, 0.3) is 11.6 Å². The van der Waals surface area contributed by atoms with Gasteiger partial charge in [-0.15, -0.1) is 0 Å². The number of aliphatic hydroxyl groups excluding tert-OH is 1. The predicted molar refractivity (Wildman–Crippen MR) is 94.7 cm³/mol. The number of piperidine rings is 1. The van der Waals surface area contributed by atoms with E-state index in [1.807, 2.05) is 12.2 Å². The predicted octanol–water partition coefficient (Wildman–Crippen LogP) is 2.25. The highest BCUT2D eigenvalue weighted by Gasteiger charge is 2.25. The van der Waals surface area contributed by atoms with Crippen molar-refractivity contribution < 1.29 is 14.8 Å².